The third-order valence-corrected chi connectivity index (χ3v) is 15.9. The highest BCUT2D eigenvalue weighted by Gasteiger charge is 2.19. The van der Waals surface area contributed by atoms with Crippen molar-refractivity contribution in [3.05, 3.63) is 36.5 Å². The van der Waals surface area contributed by atoms with E-state index >= 15 is 0 Å². The molecule has 1 unspecified atom stereocenters. The quantitative estimate of drug-likeness (QED) is 0.0261. The average molecular weight is 1100 g/mol. The van der Waals surface area contributed by atoms with E-state index in [-0.39, 0.29) is 31.1 Å². The maximum atomic E-state index is 12.9. The molecule has 0 aromatic rings. The molecule has 0 aliphatic carbocycles. The number of allylic oxidation sites excluding steroid dienone is 6. The van der Waals surface area contributed by atoms with Gasteiger partial charge in [-0.3, -0.25) is 14.4 Å². The zero-order valence-electron chi connectivity index (χ0n) is 52.7. The molecule has 78 heavy (non-hydrogen) atoms. The lowest BCUT2D eigenvalue weighted by Gasteiger charge is -2.18. The average Bonchev–Trinajstić information content (AvgIpc) is 3.44. The molecule has 458 valence electrons. The molecule has 0 bridgehead atoms. The Kier molecular flexibility index (Phi) is 65.1. The fourth-order valence-corrected chi connectivity index (χ4v) is 10.6. The van der Waals surface area contributed by atoms with Crippen LogP contribution in [-0.4, -0.2) is 37.2 Å². The van der Waals surface area contributed by atoms with E-state index in [1.165, 1.54) is 270 Å². The van der Waals surface area contributed by atoms with Crippen molar-refractivity contribution < 1.29 is 28.6 Å². The van der Waals surface area contributed by atoms with Gasteiger partial charge in [0, 0.05) is 19.3 Å². The molecule has 0 radical (unpaired) electrons. The predicted molar refractivity (Wildman–Crippen MR) is 339 cm³/mol. The predicted octanol–water partition coefficient (Wildman–Crippen LogP) is 23.9. The molecule has 0 fully saturated rings. The second-order valence-electron chi connectivity index (χ2n) is 23.8. The Morgan fingerprint density at radius 3 is 0.744 bits per heavy atom. The SMILES string of the molecule is CCCCC/C=C\C/C=C\CCCCCCCC(=O)OCC(COC(=O)CCCCCCCCCCCCCCCCCCCCCCCCCCCC)OC(=O)CCCCCCCCCCC/C=C\CCCCCCCC. The Morgan fingerprint density at radius 2 is 0.462 bits per heavy atom. The molecule has 0 rings (SSSR count). The molecular weight excluding hydrogens is 961 g/mol. The lowest BCUT2D eigenvalue weighted by molar-refractivity contribution is -0.167. The van der Waals surface area contributed by atoms with Gasteiger partial charge in [0.15, 0.2) is 6.10 Å². The van der Waals surface area contributed by atoms with Crippen molar-refractivity contribution in [2.75, 3.05) is 13.2 Å². The molecule has 0 N–H and O–H groups in total. The van der Waals surface area contributed by atoms with Gasteiger partial charge in [-0.1, -0.05) is 327 Å². The lowest BCUT2D eigenvalue weighted by Crippen LogP contribution is -2.30. The van der Waals surface area contributed by atoms with Crippen LogP contribution in [0.15, 0.2) is 36.5 Å². The molecule has 1 atom stereocenters. The number of hydrogen-bond acceptors (Lipinski definition) is 6. The lowest BCUT2D eigenvalue weighted by atomic mass is 10.0. The summed E-state index contributed by atoms with van der Waals surface area (Å²) >= 11 is 0. The van der Waals surface area contributed by atoms with E-state index < -0.39 is 6.10 Å². The molecule has 0 aromatic carbocycles. The van der Waals surface area contributed by atoms with Crippen LogP contribution in [0.5, 0.6) is 0 Å². The van der Waals surface area contributed by atoms with Crippen LogP contribution in [0.2, 0.25) is 0 Å². The first-order valence-corrected chi connectivity index (χ1v) is 35.0. The summed E-state index contributed by atoms with van der Waals surface area (Å²) in [5.41, 5.74) is 0. The highest BCUT2D eigenvalue weighted by molar-refractivity contribution is 5.71. The van der Waals surface area contributed by atoms with E-state index in [1.54, 1.807) is 0 Å². The van der Waals surface area contributed by atoms with Gasteiger partial charge >= 0.3 is 17.9 Å². The topological polar surface area (TPSA) is 78.9 Å². The molecule has 0 heterocycles. The normalized spacial score (nSPS) is 12.2. The Morgan fingerprint density at radius 1 is 0.256 bits per heavy atom. The molecule has 0 aliphatic rings. The van der Waals surface area contributed by atoms with E-state index in [1.807, 2.05) is 0 Å². The first-order chi connectivity index (χ1) is 38.5. The second-order valence-corrected chi connectivity index (χ2v) is 23.8. The van der Waals surface area contributed by atoms with E-state index in [2.05, 4.69) is 57.2 Å². The van der Waals surface area contributed by atoms with E-state index in [9.17, 15) is 14.4 Å². The summed E-state index contributed by atoms with van der Waals surface area (Å²) in [4.78, 5) is 38.4. The van der Waals surface area contributed by atoms with E-state index in [4.69, 9.17) is 14.2 Å². The molecular formula is C72H134O6. The van der Waals surface area contributed by atoms with Crippen LogP contribution < -0.4 is 0 Å². The molecule has 0 saturated carbocycles. The van der Waals surface area contributed by atoms with E-state index in [0.29, 0.717) is 19.3 Å². The van der Waals surface area contributed by atoms with Gasteiger partial charge in [0.2, 0.25) is 0 Å². The zero-order chi connectivity index (χ0) is 56.4. The maximum Gasteiger partial charge on any atom is 0.306 e. The number of carbonyl (C=O) groups excluding carboxylic acids is 3. The molecule has 0 saturated heterocycles. The van der Waals surface area contributed by atoms with Gasteiger partial charge < -0.3 is 14.2 Å². The molecule has 6 nitrogen and oxygen atoms in total. The largest absolute Gasteiger partial charge is 0.462 e. The van der Waals surface area contributed by atoms with Crippen LogP contribution in [0.1, 0.15) is 387 Å². The standard InChI is InChI=1S/C72H134O6/c1-4-7-10-13-16-19-22-25-28-30-32-33-34-35-36-37-38-40-41-44-47-50-53-56-59-62-65-71(74)77-68-69(67-76-70(73)64-61-58-55-52-49-46-43-27-24-21-18-15-12-9-6-3)78-72(75)66-63-60-57-54-51-48-45-42-39-31-29-26-23-20-17-14-11-8-5-2/h18,21,26-27,29,43,69H,4-17,19-20,22-25,28,30-42,44-68H2,1-3H3/b21-18-,29-26-,43-27-. The van der Waals surface area contributed by atoms with Crippen molar-refractivity contribution in [3.8, 4) is 0 Å². The van der Waals surface area contributed by atoms with Gasteiger partial charge in [0.25, 0.3) is 0 Å². The fraction of sp³-hybridized carbons (Fsp3) is 0.875. The van der Waals surface area contributed by atoms with Gasteiger partial charge in [-0.05, 0) is 77.0 Å². The summed E-state index contributed by atoms with van der Waals surface area (Å²) in [6.07, 6.45) is 83.1. The van der Waals surface area contributed by atoms with Crippen LogP contribution in [0.25, 0.3) is 0 Å². The number of rotatable bonds is 65. The molecule has 6 heteroatoms. The highest BCUT2D eigenvalue weighted by atomic mass is 16.6. The second kappa shape index (κ2) is 67.1. The summed E-state index contributed by atoms with van der Waals surface area (Å²) in [5, 5.41) is 0. The number of hydrogen-bond donors (Lipinski definition) is 0. The van der Waals surface area contributed by atoms with E-state index in [0.717, 1.165) is 77.0 Å². The first kappa shape index (κ1) is 75.6. The summed E-state index contributed by atoms with van der Waals surface area (Å²) in [6, 6.07) is 0. The van der Waals surface area contributed by atoms with Crippen LogP contribution in [-0.2, 0) is 28.6 Å². The summed E-state index contributed by atoms with van der Waals surface area (Å²) in [7, 11) is 0. The Labute approximate surface area is 486 Å². The monoisotopic (exact) mass is 1100 g/mol. The summed E-state index contributed by atoms with van der Waals surface area (Å²) < 4.78 is 17.0. The smallest absolute Gasteiger partial charge is 0.306 e. The minimum Gasteiger partial charge on any atom is -0.462 e. The van der Waals surface area contributed by atoms with Crippen molar-refractivity contribution in [3.63, 3.8) is 0 Å². The Bertz CT molecular complexity index is 1300. The van der Waals surface area contributed by atoms with Crippen molar-refractivity contribution in [1.82, 2.24) is 0 Å². The Balaban J connectivity index is 4.25. The van der Waals surface area contributed by atoms with Gasteiger partial charge in [0.1, 0.15) is 13.2 Å². The Hall–Kier alpha value is -2.37. The van der Waals surface area contributed by atoms with Crippen molar-refractivity contribution in [2.24, 2.45) is 0 Å². The fourth-order valence-electron chi connectivity index (χ4n) is 10.6. The highest BCUT2D eigenvalue weighted by Crippen LogP contribution is 2.18. The van der Waals surface area contributed by atoms with Crippen molar-refractivity contribution in [2.45, 2.75) is 393 Å². The van der Waals surface area contributed by atoms with Crippen molar-refractivity contribution in [1.29, 1.82) is 0 Å². The third kappa shape index (κ3) is 64.5. The van der Waals surface area contributed by atoms with Crippen LogP contribution in [0, 0.1) is 0 Å². The third-order valence-electron chi connectivity index (χ3n) is 15.9. The zero-order valence-corrected chi connectivity index (χ0v) is 52.7. The minimum absolute atomic E-state index is 0.0729. The van der Waals surface area contributed by atoms with Crippen LogP contribution in [0.4, 0.5) is 0 Å². The maximum absolute atomic E-state index is 12.9. The van der Waals surface area contributed by atoms with Gasteiger partial charge in [-0.25, -0.2) is 0 Å². The molecule has 0 spiro atoms. The molecule has 0 aromatic heterocycles. The summed E-state index contributed by atoms with van der Waals surface area (Å²) in [5.74, 6) is -0.862. The number of unbranched alkanes of at least 4 members (excludes halogenated alkanes) is 48. The first-order valence-electron chi connectivity index (χ1n) is 35.0. The number of carbonyl (C=O) groups is 3. The number of ether oxygens (including phenoxy) is 3. The number of esters is 3. The van der Waals surface area contributed by atoms with Crippen LogP contribution in [0.3, 0.4) is 0 Å². The summed E-state index contributed by atoms with van der Waals surface area (Å²) in [6.45, 7) is 6.67. The van der Waals surface area contributed by atoms with Crippen molar-refractivity contribution >= 4 is 17.9 Å². The molecule has 0 aliphatic heterocycles. The van der Waals surface area contributed by atoms with Gasteiger partial charge in [-0.15, -0.1) is 0 Å². The minimum atomic E-state index is -0.778. The van der Waals surface area contributed by atoms with Gasteiger partial charge in [-0.2, -0.15) is 0 Å². The van der Waals surface area contributed by atoms with Crippen LogP contribution >= 0.6 is 0 Å². The molecule has 0 amide bonds. The van der Waals surface area contributed by atoms with Gasteiger partial charge in [0.05, 0.1) is 0 Å².